The average molecular weight is 475 g/mol. The summed E-state index contributed by atoms with van der Waals surface area (Å²) in [7, 11) is 0. The van der Waals surface area contributed by atoms with E-state index in [1.54, 1.807) is 0 Å². The number of carbonyl (C=O) groups excluding carboxylic acids is 1. The SMILES string of the molecule is O=CC1O[C@H](c2ccc(Cl)cc2)CN1Cc1ccc(-c2ccccc2)c(CN2CCCCC2)c1. The van der Waals surface area contributed by atoms with Crippen molar-refractivity contribution < 1.29 is 9.53 Å². The minimum absolute atomic E-state index is 0.135. The molecule has 0 amide bonds. The van der Waals surface area contributed by atoms with Gasteiger partial charge in [-0.15, -0.1) is 0 Å². The van der Waals surface area contributed by atoms with Gasteiger partial charge < -0.3 is 4.74 Å². The molecule has 176 valence electrons. The molecule has 2 saturated heterocycles. The number of hydrogen-bond donors (Lipinski definition) is 0. The topological polar surface area (TPSA) is 32.8 Å². The van der Waals surface area contributed by atoms with Gasteiger partial charge in [-0.3, -0.25) is 14.6 Å². The number of aldehydes is 1. The van der Waals surface area contributed by atoms with E-state index in [0.717, 1.165) is 31.5 Å². The molecule has 5 rings (SSSR count). The largest absolute Gasteiger partial charge is 0.347 e. The molecule has 2 fully saturated rings. The van der Waals surface area contributed by atoms with Crippen LogP contribution in [-0.4, -0.2) is 41.9 Å². The maximum absolute atomic E-state index is 11.8. The monoisotopic (exact) mass is 474 g/mol. The second-order valence-corrected chi connectivity index (χ2v) is 9.76. The number of hydrogen-bond acceptors (Lipinski definition) is 4. The van der Waals surface area contributed by atoms with Crippen LogP contribution in [0.1, 0.15) is 42.1 Å². The third-order valence-corrected chi connectivity index (χ3v) is 7.16. The Balaban J connectivity index is 1.37. The van der Waals surface area contributed by atoms with Gasteiger partial charge in [0, 0.05) is 24.7 Å². The summed E-state index contributed by atoms with van der Waals surface area (Å²) in [6, 6.07) is 25.1. The molecule has 4 nitrogen and oxygen atoms in total. The highest BCUT2D eigenvalue weighted by Gasteiger charge is 2.33. The number of piperidine rings is 1. The number of ether oxygens (including phenoxy) is 1. The van der Waals surface area contributed by atoms with Gasteiger partial charge in [-0.2, -0.15) is 0 Å². The first kappa shape index (κ1) is 23.3. The Morgan fingerprint density at radius 2 is 1.68 bits per heavy atom. The Bertz CT molecular complexity index is 1100. The third kappa shape index (κ3) is 5.42. The van der Waals surface area contributed by atoms with Crippen LogP contribution in [0.15, 0.2) is 72.8 Å². The summed E-state index contributed by atoms with van der Waals surface area (Å²) < 4.78 is 6.07. The van der Waals surface area contributed by atoms with Crippen LogP contribution >= 0.6 is 11.6 Å². The highest BCUT2D eigenvalue weighted by molar-refractivity contribution is 6.30. The van der Waals surface area contributed by atoms with E-state index in [-0.39, 0.29) is 6.10 Å². The summed E-state index contributed by atoms with van der Waals surface area (Å²) in [5.41, 5.74) is 6.14. The Labute approximate surface area is 207 Å². The first-order valence-corrected chi connectivity index (χ1v) is 12.6. The van der Waals surface area contributed by atoms with Crippen LogP contribution < -0.4 is 0 Å². The molecule has 2 heterocycles. The number of rotatable bonds is 7. The maximum Gasteiger partial charge on any atom is 0.168 e. The first-order valence-electron chi connectivity index (χ1n) is 12.2. The quantitative estimate of drug-likeness (QED) is 0.388. The predicted molar refractivity (Wildman–Crippen MR) is 137 cm³/mol. The van der Waals surface area contributed by atoms with Gasteiger partial charge in [-0.05, 0) is 65.9 Å². The average Bonchev–Trinajstić information content (AvgIpc) is 3.28. The predicted octanol–water partition coefficient (Wildman–Crippen LogP) is 6.09. The van der Waals surface area contributed by atoms with Crippen LogP contribution in [0.2, 0.25) is 5.02 Å². The van der Waals surface area contributed by atoms with E-state index >= 15 is 0 Å². The lowest BCUT2D eigenvalue weighted by Crippen LogP contribution is -2.31. The number of benzene rings is 3. The fourth-order valence-corrected chi connectivity index (χ4v) is 5.24. The van der Waals surface area contributed by atoms with E-state index in [2.05, 4.69) is 58.3 Å². The van der Waals surface area contributed by atoms with Crippen LogP contribution in [0.5, 0.6) is 0 Å². The van der Waals surface area contributed by atoms with Gasteiger partial charge in [0.1, 0.15) is 0 Å². The summed E-state index contributed by atoms with van der Waals surface area (Å²) in [6.07, 6.45) is 4.11. The molecule has 0 spiro atoms. The minimum atomic E-state index is -0.542. The van der Waals surface area contributed by atoms with Crippen LogP contribution in [0.3, 0.4) is 0 Å². The van der Waals surface area contributed by atoms with E-state index in [9.17, 15) is 4.79 Å². The zero-order valence-corrected chi connectivity index (χ0v) is 20.2. The van der Waals surface area contributed by atoms with Gasteiger partial charge in [0.15, 0.2) is 12.5 Å². The van der Waals surface area contributed by atoms with Gasteiger partial charge in [0.05, 0.1) is 6.10 Å². The molecule has 2 aliphatic rings. The molecular formula is C29H31ClN2O2. The van der Waals surface area contributed by atoms with E-state index in [0.29, 0.717) is 18.1 Å². The Kier molecular flexibility index (Phi) is 7.41. The van der Waals surface area contributed by atoms with E-state index in [1.165, 1.54) is 41.5 Å². The maximum atomic E-state index is 11.8. The van der Waals surface area contributed by atoms with E-state index in [4.69, 9.17) is 16.3 Å². The molecule has 3 aromatic rings. The fraction of sp³-hybridized carbons (Fsp3) is 0.345. The lowest BCUT2D eigenvalue weighted by atomic mass is 9.96. The van der Waals surface area contributed by atoms with Gasteiger partial charge in [-0.1, -0.05) is 78.7 Å². The Hall–Kier alpha value is -2.50. The van der Waals surface area contributed by atoms with Crippen LogP contribution in [0.4, 0.5) is 0 Å². The number of nitrogens with zero attached hydrogens (tertiary/aromatic N) is 2. The van der Waals surface area contributed by atoms with Crippen LogP contribution in [0, 0.1) is 0 Å². The standard InChI is InChI=1S/C29H31ClN2O2/c30-26-12-10-24(11-13-26)28-20-32(29(21-33)34-28)18-22-9-14-27(23-7-3-1-4-8-23)25(17-22)19-31-15-5-2-6-16-31/h1,3-4,7-14,17,21,28-29H,2,5-6,15-16,18-20H2/t28-,29?/m0/s1. The van der Waals surface area contributed by atoms with Gasteiger partial charge in [0.25, 0.3) is 0 Å². The molecule has 0 aromatic heterocycles. The summed E-state index contributed by atoms with van der Waals surface area (Å²) >= 11 is 6.04. The molecule has 0 radical (unpaired) electrons. The number of likely N-dealkylation sites (tertiary alicyclic amines) is 1. The zero-order valence-electron chi connectivity index (χ0n) is 19.4. The van der Waals surface area contributed by atoms with Gasteiger partial charge in [-0.25, -0.2) is 0 Å². The molecule has 2 atom stereocenters. The summed E-state index contributed by atoms with van der Waals surface area (Å²) in [4.78, 5) is 16.5. The molecule has 1 unspecified atom stereocenters. The minimum Gasteiger partial charge on any atom is -0.347 e. The van der Waals surface area contributed by atoms with Gasteiger partial charge >= 0.3 is 0 Å². The van der Waals surface area contributed by atoms with Crippen molar-refractivity contribution in [1.82, 2.24) is 9.80 Å². The smallest absolute Gasteiger partial charge is 0.168 e. The van der Waals surface area contributed by atoms with Crippen molar-refractivity contribution in [3.63, 3.8) is 0 Å². The van der Waals surface area contributed by atoms with Crippen molar-refractivity contribution in [2.45, 2.75) is 44.7 Å². The number of carbonyl (C=O) groups is 1. The fourth-order valence-electron chi connectivity index (χ4n) is 5.12. The molecule has 0 saturated carbocycles. The summed E-state index contributed by atoms with van der Waals surface area (Å²) in [5, 5.41) is 0.699. The molecule has 0 aliphatic carbocycles. The lowest BCUT2D eigenvalue weighted by Gasteiger charge is -2.28. The number of halogens is 1. The Morgan fingerprint density at radius 1 is 0.912 bits per heavy atom. The highest BCUT2D eigenvalue weighted by atomic mass is 35.5. The molecule has 34 heavy (non-hydrogen) atoms. The molecule has 0 bridgehead atoms. The molecule has 2 aliphatic heterocycles. The van der Waals surface area contributed by atoms with E-state index < -0.39 is 6.23 Å². The second-order valence-electron chi connectivity index (χ2n) is 9.33. The molecule has 3 aromatic carbocycles. The van der Waals surface area contributed by atoms with Crippen molar-refractivity contribution in [3.05, 3.63) is 94.5 Å². The van der Waals surface area contributed by atoms with Crippen molar-refractivity contribution in [2.24, 2.45) is 0 Å². The van der Waals surface area contributed by atoms with Gasteiger partial charge in [0.2, 0.25) is 0 Å². The van der Waals surface area contributed by atoms with Crippen LogP contribution in [0.25, 0.3) is 11.1 Å². The summed E-state index contributed by atoms with van der Waals surface area (Å²) in [6.45, 7) is 4.63. The first-order chi connectivity index (χ1) is 16.7. The Morgan fingerprint density at radius 3 is 2.41 bits per heavy atom. The molecule has 5 heteroatoms. The molecule has 0 N–H and O–H groups in total. The van der Waals surface area contributed by atoms with Crippen molar-refractivity contribution in [1.29, 1.82) is 0 Å². The van der Waals surface area contributed by atoms with Crippen molar-refractivity contribution in [3.8, 4) is 11.1 Å². The normalized spacial score (nSPS) is 21.6. The van der Waals surface area contributed by atoms with Crippen molar-refractivity contribution >= 4 is 17.9 Å². The molecular weight excluding hydrogens is 444 g/mol. The van der Waals surface area contributed by atoms with Crippen LogP contribution in [-0.2, 0) is 22.6 Å². The lowest BCUT2D eigenvalue weighted by molar-refractivity contribution is -0.123. The van der Waals surface area contributed by atoms with E-state index in [1.807, 2.05) is 24.3 Å². The zero-order chi connectivity index (χ0) is 23.3. The van der Waals surface area contributed by atoms with Crippen molar-refractivity contribution in [2.75, 3.05) is 19.6 Å². The third-order valence-electron chi connectivity index (χ3n) is 6.90. The highest BCUT2D eigenvalue weighted by Crippen LogP contribution is 2.32. The second kappa shape index (κ2) is 10.8. The summed E-state index contributed by atoms with van der Waals surface area (Å²) in [5.74, 6) is 0.